The summed E-state index contributed by atoms with van der Waals surface area (Å²) in [6.45, 7) is 17.7. The minimum Gasteiger partial charge on any atom is -0.591 e. The van der Waals surface area contributed by atoms with Crippen LogP contribution >= 0.6 is 0 Å². The Bertz CT molecular complexity index is 573. The van der Waals surface area contributed by atoms with Gasteiger partial charge in [-0.15, -0.1) is 0 Å². The summed E-state index contributed by atoms with van der Waals surface area (Å²) in [5.74, 6) is 0. The van der Waals surface area contributed by atoms with E-state index in [1.54, 1.807) is 6.21 Å². The zero-order valence-electron chi connectivity index (χ0n) is 24.9. The first kappa shape index (κ1) is 34.8. The van der Waals surface area contributed by atoms with Crippen molar-refractivity contribution in [2.45, 2.75) is 148 Å². The molecule has 1 rings (SSSR count). The van der Waals surface area contributed by atoms with Crippen molar-refractivity contribution in [3.8, 4) is 0 Å². The Morgan fingerprint density at radius 1 is 0.757 bits per heavy atom. The fourth-order valence-electron chi connectivity index (χ4n) is 4.00. The third-order valence-electron chi connectivity index (χ3n) is 6.35. The molecule has 1 saturated heterocycles. The van der Waals surface area contributed by atoms with E-state index in [-0.39, 0.29) is 35.3 Å². The lowest BCUT2D eigenvalue weighted by atomic mass is 9.92. The molecule has 1 aliphatic heterocycles. The van der Waals surface area contributed by atoms with Gasteiger partial charge in [-0.05, 0) is 59.3 Å². The fourth-order valence-corrected chi connectivity index (χ4v) is 4.56. The summed E-state index contributed by atoms with van der Waals surface area (Å²) in [5, 5.41) is 0. The summed E-state index contributed by atoms with van der Waals surface area (Å²) in [6, 6.07) is 0. The molecule has 8 heteroatoms. The topological polar surface area (TPSA) is 81.6 Å². The largest absolute Gasteiger partial charge is 0.591 e. The van der Waals surface area contributed by atoms with Crippen molar-refractivity contribution >= 4 is 17.6 Å². The lowest BCUT2D eigenvalue weighted by Crippen LogP contribution is -2.61. The van der Waals surface area contributed by atoms with Crippen LogP contribution in [0.25, 0.3) is 0 Å². The highest BCUT2D eigenvalue weighted by Gasteiger charge is 2.47. The van der Waals surface area contributed by atoms with Crippen LogP contribution in [0.15, 0.2) is 4.40 Å². The van der Waals surface area contributed by atoms with Crippen LogP contribution in [0, 0.1) is 0 Å². The standard InChI is InChI=1S/C29H57NO6S/c1-8-12-19-32-23-25-27(34-21-14-10-3)28(35-22-15-11-4)26(33-20-13-9-2)24(36-25)17-16-18-30-37(31)29(5,6)7/h18,24-28H,8-17,19-23H2,1-7H3/b30-18+/t24-,25-,26+,27+,28-,37?/m1/s1. The molecule has 6 atom stereocenters. The molecule has 0 bridgehead atoms. The van der Waals surface area contributed by atoms with Gasteiger partial charge in [-0.3, -0.25) is 0 Å². The van der Waals surface area contributed by atoms with Crippen molar-refractivity contribution in [2.24, 2.45) is 4.40 Å². The Kier molecular flexibility index (Phi) is 19.4. The van der Waals surface area contributed by atoms with Crippen LogP contribution < -0.4 is 0 Å². The SMILES string of the molecule is CCCCOC[C@H]1O[C@H](CC/C=N/[S+]([O-])C(C)(C)C)[C@H](OCCCC)[C@@H](OCCCC)[C@H]1OCCCC. The molecule has 0 aliphatic carbocycles. The zero-order valence-corrected chi connectivity index (χ0v) is 25.7. The molecule has 0 N–H and O–H groups in total. The Morgan fingerprint density at radius 2 is 1.24 bits per heavy atom. The highest BCUT2D eigenvalue weighted by molar-refractivity contribution is 7.91. The third-order valence-corrected chi connectivity index (χ3v) is 7.74. The van der Waals surface area contributed by atoms with Crippen molar-refractivity contribution < 1.29 is 28.2 Å². The van der Waals surface area contributed by atoms with Gasteiger partial charge in [0.25, 0.3) is 0 Å². The normalized spacial score (nSPS) is 25.7. The van der Waals surface area contributed by atoms with Gasteiger partial charge in [-0.25, -0.2) is 0 Å². The molecule has 1 unspecified atom stereocenters. The fraction of sp³-hybridized carbons (Fsp3) is 0.966. The van der Waals surface area contributed by atoms with E-state index in [2.05, 4.69) is 32.1 Å². The molecule has 0 aromatic heterocycles. The van der Waals surface area contributed by atoms with E-state index >= 15 is 0 Å². The molecule has 1 heterocycles. The van der Waals surface area contributed by atoms with Gasteiger partial charge in [0.1, 0.15) is 40.5 Å². The molecule has 7 nitrogen and oxygen atoms in total. The number of unbranched alkanes of at least 4 members (excludes halogenated alkanes) is 4. The Hall–Kier alpha value is -0.220. The predicted octanol–water partition coefficient (Wildman–Crippen LogP) is 6.44. The molecular formula is C29H57NO6S. The van der Waals surface area contributed by atoms with Crippen LogP contribution in [-0.2, 0) is 35.0 Å². The molecule has 0 radical (unpaired) electrons. The van der Waals surface area contributed by atoms with E-state index in [1.165, 1.54) is 0 Å². The molecule has 37 heavy (non-hydrogen) atoms. The molecule has 0 amide bonds. The summed E-state index contributed by atoms with van der Waals surface area (Å²) in [7, 11) is 0. The van der Waals surface area contributed by atoms with Crippen molar-refractivity contribution in [3.05, 3.63) is 0 Å². The van der Waals surface area contributed by atoms with Crippen LogP contribution in [0.1, 0.15) is 113 Å². The predicted molar refractivity (Wildman–Crippen MR) is 154 cm³/mol. The number of nitrogens with zero attached hydrogens (tertiary/aromatic N) is 1. The van der Waals surface area contributed by atoms with Gasteiger partial charge >= 0.3 is 0 Å². The Balaban J connectivity index is 3.11. The third kappa shape index (κ3) is 14.1. The van der Waals surface area contributed by atoms with Gasteiger partial charge in [-0.2, -0.15) is 0 Å². The smallest absolute Gasteiger partial charge is 0.144 e. The number of rotatable bonds is 21. The van der Waals surface area contributed by atoms with Crippen LogP contribution in [0.5, 0.6) is 0 Å². The summed E-state index contributed by atoms with van der Waals surface area (Å²) in [5.41, 5.74) is 0. The average molecular weight is 548 g/mol. The van der Waals surface area contributed by atoms with Gasteiger partial charge < -0.3 is 28.2 Å². The zero-order chi connectivity index (χ0) is 27.5. The quantitative estimate of drug-likeness (QED) is 0.0934. The van der Waals surface area contributed by atoms with E-state index in [0.717, 1.165) is 51.4 Å². The molecule has 0 saturated carbocycles. The Labute approximate surface area is 231 Å². The van der Waals surface area contributed by atoms with E-state index in [0.29, 0.717) is 45.9 Å². The van der Waals surface area contributed by atoms with Crippen molar-refractivity contribution in [1.29, 1.82) is 0 Å². The summed E-state index contributed by atoms with van der Waals surface area (Å²) in [6.07, 6.45) is 10.3. The van der Waals surface area contributed by atoms with Crippen molar-refractivity contribution in [1.82, 2.24) is 0 Å². The van der Waals surface area contributed by atoms with Gasteiger partial charge in [0.15, 0.2) is 0 Å². The van der Waals surface area contributed by atoms with Gasteiger partial charge in [0.05, 0.1) is 18.9 Å². The van der Waals surface area contributed by atoms with E-state index in [1.807, 2.05) is 20.8 Å². The van der Waals surface area contributed by atoms with Crippen LogP contribution in [0.4, 0.5) is 0 Å². The second-order valence-electron chi connectivity index (χ2n) is 10.9. The molecule has 0 aromatic rings. The first-order valence-electron chi connectivity index (χ1n) is 14.8. The van der Waals surface area contributed by atoms with E-state index in [9.17, 15) is 4.55 Å². The first-order chi connectivity index (χ1) is 17.8. The maximum Gasteiger partial charge on any atom is 0.144 e. The van der Waals surface area contributed by atoms with Crippen LogP contribution in [0.2, 0.25) is 0 Å². The second-order valence-corrected chi connectivity index (χ2v) is 12.9. The van der Waals surface area contributed by atoms with E-state index < -0.39 is 11.4 Å². The minimum absolute atomic E-state index is 0.177. The van der Waals surface area contributed by atoms with Gasteiger partial charge in [0, 0.05) is 26.4 Å². The molecule has 220 valence electrons. The highest BCUT2D eigenvalue weighted by Crippen LogP contribution is 2.31. The Morgan fingerprint density at radius 3 is 1.76 bits per heavy atom. The molecule has 1 aliphatic rings. The summed E-state index contributed by atoms with van der Waals surface area (Å²) < 4.78 is 48.4. The van der Waals surface area contributed by atoms with Crippen molar-refractivity contribution in [3.63, 3.8) is 0 Å². The average Bonchev–Trinajstić information content (AvgIpc) is 2.86. The minimum atomic E-state index is -1.26. The molecule has 1 fully saturated rings. The molecular weight excluding hydrogens is 490 g/mol. The number of hydrogen-bond acceptors (Lipinski definition) is 7. The van der Waals surface area contributed by atoms with Gasteiger partial charge in [-0.1, -0.05) is 57.8 Å². The molecule has 0 spiro atoms. The second kappa shape index (κ2) is 20.7. The van der Waals surface area contributed by atoms with Crippen LogP contribution in [0.3, 0.4) is 0 Å². The highest BCUT2D eigenvalue weighted by atomic mass is 32.2. The first-order valence-corrected chi connectivity index (χ1v) is 15.9. The van der Waals surface area contributed by atoms with Crippen LogP contribution in [-0.4, -0.2) is 79.1 Å². The number of ether oxygens (including phenoxy) is 5. The van der Waals surface area contributed by atoms with Crippen molar-refractivity contribution in [2.75, 3.05) is 33.0 Å². The maximum atomic E-state index is 12.3. The van der Waals surface area contributed by atoms with Gasteiger partial charge in [0.2, 0.25) is 0 Å². The van der Waals surface area contributed by atoms with E-state index in [4.69, 9.17) is 23.7 Å². The lowest BCUT2D eigenvalue weighted by Gasteiger charge is -2.46. The summed E-state index contributed by atoms with van der Waals surface area (Å²) in [4.78, 5) is 0. The summed E-state index contributed by atoms with van der Waals surface area (Å²) >= 11 is -1.26. The number of hydrogen-bond donors (Lipinski definition) is 0. The molecule has 0 aromatic carbocycles. The lowest BCUT2D eigenvalue weighted by molar-refractivity contribution is -0.266. The monoisotopic (exact) mass is 547 g/mol. The maximum absolute atomic E-state index is 12.3.